The molecule has 2 aromatic rings. The molecule has 0 aromatic heterocycles. The average Bonchev–Trinajstić information content (AvgIpc) is 2.49. The average molecular weight is 297 g/mol. The van der Waals surface area contributed by atoms with Crippen molar-refractivity contribution in [2.75, 3.05) is 11.9 Å². The Labute approximate surface area is 130 Å². The number of nitrogens with one attached hydrogen (secondary N) is 1. The van der Waals surface area contributed by atoms with E-state index < -0.39 is 0 Å². The van der Waals surface area contributed by atoms with E-state index in [1.165, 1.54) is 6.92 Å². The Kier molecular flexibility index (Phi) is 5.31. The van der Waals surface area contributed by atoms with Crippen LogP contribution in [0.15, 0.2) is 48.5 Å². The largest absolute Gasteiger partial charge is 0.493 e. The summed E-state index contributed by atoms with van der Waals surface area (Å²) < 4.78 is 5.52. The molecule has 0 bridgehead atoms. The highest BCUT2D eigenvalue weighted by Gasteiger charge is 2.09. The maximum Gasteiger partial charge on any atom is 0.227 e. The molecule has 4 heteroatoms. The van der Waals surface area contributed by atoms with Gasteiger partial charge in [-0.3, -0.25) is 9.59 Å². The second kappa shape index (κ2) is 7.41. The van der Waals surface area contributed by atoms with Crippen molar-refractivity contribution in [3.8, 4) is 5.75 Å². The topological polar surface area (TPSA) is 55.4 Å². The van der Waals surface area contributed by atoms with Gasteiger partial charge in [-0.2, -0.15) is 0 Å². The van der Waals surface area contributed by atoms with E-state index in [1.807, 2.05) is 31.2 Å². The van der Waals surface area contributed by atoms with Crippen LogP contribution in [0.25, 0.3) is 0 Å². The molecule has 1 amide bonds. The van der Waals surface area contributed by atoms with Gasteiger partial charge in [0, 0.05) is 5.56 Å². The molecule has 0 spiro atoms. The molecule has 0 unspecified atom stereocenters. The second-order valence-corrected chi connectivity index (χ2v) is 5.06. The van der Waals surface area contributed by atoms with Gasteiger partial charge in [0.2, 0.25) is 5.91 Å². The zero-order valence-corrected chi connectivity index (χ0v) is 12.8. The number of anilines is 1. The van der Waals surface area contributed by atoms with E-state index in [9.17, 15) is 9.59 Å². The molecule has 1 N–H and O–H groups in total. The third-order valence-electron chi connectivity index (χ3n) is 3.20. The summed E-state index contributed by atoms with van der Waals surface area (Å²) >= 11 is 0. The molecule has 0 heterocycles. The van der Waals surface area contributed by atoms with Crippen LogP contribution in [0.3, 0.4) is 0 Å². The molecule has 0 aliphatic rings. The summed E-state index contributed by atoms with van der Waals surface area (Å²) in [6.07, 6.45) is 0.222. The van der Waals surface area contributed by atoms with Crippen molar-refractivity contribution in [2.24, 2.45) is 0 Å². The molecule has 0 radical (unpaired) electrons. The predicted octanol–water partition coefficient (Wildman–Crippen LogP) is 3.61. The number of carbonyl (C=O) groups excluding carboxylic acids is 2. The molecule has 0 aliphatic heterocycles. The summed E-state index contributed by atoms with van der Waals surface area (Å²) in [5.41, 5.74) is 2.21. The van der Waals surface area contributed by atoms with Crippen LogP contribution in [0.1, 0.15) is 29.3 Å². The van der Waals surface area contributed by atoms with Crippen molar-refractivity contribution in [1.82, 2.24) is 0 Å². The Morgan fingerprint density at radius 3 is 2.41 bits per heavy atom. The van der Waals surface area contributed by atoms with Gasteiger partial charge < -0.3 is 10.1 Å². The number of Topliss-reactive ketones (excluding diaryl/α,β-unsaturated/α-hetero) is 1. The van der Waals surface area contributed by atoms with Gasteiger partial charge in [-0.05, 0) is 38.1 Å². The number of rotatable bonds is 6. The van der Waals surface area contributed by atoms with E-state index in [2.05, 4.69) is 5.32 Å². The molecule has 22 heavy (non-hydrogen) atoms. The molecule has 4 nitrogen and oxygen atoms in total. The Hall–Kier alpha value is -2.62. The predicted molar refractivity (Wildman–Crippen MR) is 86.4 cm³/mol. The summed E-state index contributed by atoms with van der Waals surface area (Å²) in [5, 5.41) is 2.75. The lowest BCUT2D eigenvalue weighted by molar-refractivity contribution is -0.116. The Morgan fingerprint density at radius 2 is 1.73 bits per heavy atom. The monoisotopic (exact) mass is 297 g/mol. The number of aryl methyl sites for hydroxylation is 1. The van der Waals surface area contributed by atoms with E-state index in [1.54, 1.807) is 24.3 Å². The molecular weight excluding hydrogens is 278 g/mol. The fraction of sp³-hybridized carbons (Fsp3) is 0.222. The lowest BCUT2D eigenvalue weighted by Crippen LogP contribution is -2.16. The zero-order valence-electron chi connectivity index (χ0n) is 12.8. The van der Waals surface area contributed by atoms with Gasteiger partial charge in [0.15, 0.2) is 5.78 Å². The molecule has 0 saturated carbocycles. The van der Waals surface area contributed by atoms with Gasteiger partial charge in [0.25, 0.3) is 0 Å². The summed E-state index contributed by atoms with van der Waals surface area (Å²) in [7, 11) is 0. The van der Waals surface area contributed by atoms with Crippen molar-refractivity contribution in [1.29, 1.82) is 0 Å². The molecule has 2 aromatic carbocycles. The number of carbonyl (C=O) groups is 2. The zero-order chi connectivity index (χ0) is 15.9. The van der Waals surface area contributed by atoms with E-state index >= 15 is 0 Å². The van der Waals surface area contributed by atoms with Crippen LogP contribution in [-0.4, -0.2) is 18.3 Å². The van der Waals surface area contributed by atoms with Crippen molar-refractivity contribution < 1.29 is 14.3 Å². The third kappa shape index (κ3) is 4.45. The van der Waals surface area contributed by atoms with E-state index in [-0.39, 0.29) is 24.7 Å². The van der Waals surface area contributed by atoms with Crippen LogP contribution in [0.4, 0.5) is 5.69 Å². The van der Waals surface area contributed by atoms with E-state index in [4.69, 9.17) is 4.74 Å². The summed E-state index contributed by atoms with van der Waals surface area (Å²) in [6.45, 7) is 3.77. The summed E-state index contributed by atoms with van der Waals surface area (Å²) in [4.78, 5) is 23.4. The standard InChI is InChI=1S/C18H19NO3/c1-13-7-9-15(10-8-13)22-12-11-18(21)19-17-6-4-3-5-16(17)14(2)20/h3-10H,11-12H2,1-2H3,(H,19,21). The first-order valence-corrected chi connectivity index (χ1v) is 7.15. The normalized spacial score (nSPS) is 10.1. The van der Waals surface area contributed by atoms with Crippen LogP contribution in [-0.2, 0) is 4.79 Å². The number of ketones is 1. The van der Waals surface area contributed by atoms with Gasteiger partial charge in [-0.15, -0.1) is 0 Å². The van der Waals surface area contributed by atoms with E-state index in [0.717, 1.165) is 11.3 Å². The van der Waals surface area contributed by atoms with Crippen LogP contribution >= 0.6 is 0 Å². The van der Waals surface area contributed by atoms with Crippen molar-refractivity contribution >= 4 is 17.4 Å². The van der Waals surface area contributed by atoms with Gasteiger partial charge >= 0.3 is 0 Å². The molecule has 0 atom stereocenters. The minimum absolute atomic E-state index is 0.0770. The first-order valence-electron chi connectivity index (χ1n) is 7.15. The summed E-state index contributed by atoms with van der Waals surface area (Å²) in [6, 6.07) is 14.6. The maximum absolute atomic E-state index is 11.9. The van der Waals surface area contributed by atoms with E-state index in [0.29, 0.717) is 11.3 Å². The number of hydrogen-bond acceptors (Lipinski definition) is 3. The highest BCUT2D eigenvalue weighted by atomic mass is 16.5. The molecule has 2 rings (SSSR count). The molecule has 0 saturated heterocycles. The molecular formula is C18H19NO3. The maximum atomic E-state index is 11.9. The first kappa shape index (κ1) is 15.8. The lowest BCUT2D eigenvalue weighted by atomic mass is 10.1. The van der Waals surface area contributed by atoms with Gasteiger partial charge in [-0.1, -0.05) is 29.8 Å². The van der Waals surface area contributed by atoms with Crippen LogP contribution in [0, 0.1) is 6.92 Å². The first-order chi connectivity index (χ1) is 10.6. The van der Waals surface area contributed by atoms with Crippen LogP contribution in [0.2, 0.25) is 0 Å². The van der Waals surface area contributed by atoms with Gasteiger partial charge in [-0.25, -0.2) is 0 Å². The minimum Gasteiger partial charge on any atom is -0.493 e. The second-order valence-electron chi connectivity index (χ2n) is 5.06. The molecule has 0 aliphatic carbocycles. The lowest BCUT2D eigenvalue weighted by Gasteiger charge is -2.10. The SMILES string of the molecule is CC(=O)c1ccccc1NC(=O)CCOc1ccc(C)cc1. The van der Waals surface area contributed by atoms with Crippen molar-refractivity contribution in [3.05, 3.63) is 59.7 Å². The van der Waals surface area contributed by atoms with Crippen molar-refractivity contribution in [3.63, 3.8) is 0 Å². The number of benzene rings is 2. The molecule has 114 valence electrons. The van der Waals surface area contributed by atoms with Gasteiger partial charge in [0.05, 0.1) is 18.7 Å². The fourth-order valence-corrected chi connectivity index (χ4v) is 2.01. The van der Waals surface area contributed by atoms with Crippen LogP contribution in [0.5, 0.6) is 5.75 Å². The van der Waals surface area contributed by atoms with Crippen LogP contribution < -0.4 is 10.1 Å². The fourth-order valence-electron chi connectivity index (χ4n) is 2.01. The third-order valence-corrected chi connectivity index (χ3v) is 3.20. The Morgan fingerprint density at radius 1 is 1.05 bits per heavy atom. The quantitative estimate of drug-likeness (QED) is 0.829. The number of amides is 1. The summed E-state index contributed by atoms with van der Waals surface area (Å²) in [5.74, 6) is 0.482. The highest BCUT2D eigenvalue weighted by Crippen LogP contribution is 2.16. The molecule has 0 fully saturated rings. The Balaban J connectivity index is 1.86. The number of ether oxygens (including phenoxy) is 1. The minimum atomic E-state index is -0.180. The smallest absolute Gasteiger partial charge is 0.227 e. The number of hydrogen-bond donors (Lipinski definition) is 1. The van der Waals surface area contributed by atoms with Crippen molar-refractivity contribution in [2.45, 2.75) is 20.3 Å². The van der Waals surface area contributed by atoms with Gasteiger partial charge in [0.1, 0.15) is 5.75 Å². The number of para-hydroxylation sites is 1. The highest BCUT2D eigenvalue weighted by molar-refractivity contribution is 6.03. The Bertz CT molecular complexity index is 662.